The molecule has 0 aliphatic carbocycles. The van der Waals surface area contributed by atoms with Crippen LogP contribution >= 0.6 is 11.8 Å². The highest BCUT2D eigenvalue weighted by Gasteiger charge is 2.12. The van der Waals surface area contributed by atoms with Crippen molar-refractivity contribution >= 4 is 23.7 Å². The van der Waals surface area contributed by atoms with Crippen molar-refractivity contribution in [3.8, 4) is 0 Å². The van der Waals surface area contributed by atoms with E-state index in [1.165, 1.54) is 38.1 Å². The first-order valence-electron chi connectivity index (χ1n) is 6.48. The number of carbonyl (C=O) groups is 2. The Morgan fingerprint density at radius 2 is 2.09 bits per heavy atom. The molecule has 0 saturated carbocycles. The number of hydrogen-bond acceptors (Lipinski definition) is 8. The molecule has 0 bridgehead atoms. The number of aromatic amines is 1. The summed E-state index contributed by atoms with van der Waals surface area (Å²) in [5.41, 5.74) is -0.0473. The average molecular weight is 338 g/mol. The molecule has 0 saturated heterocycles. The van der Waals surface area contributed by atoms with Crippen LogP contribution in [0.4, 0.5) is 0 Å². The quantitative estimate of drug-likeness (QED) is 0.474. The SMILES string of the molecule is COC(=O)Cc1cc(=O)[nH]c(SCc2ccc(C(=O)OC)o2)n1. The van der Waals surface area contributed by atoms with Gasteiger partial charge in [0, 0.05) is 6.07 Å². The fourth-order valence-electron chi connectivity index (χ4n) is 1.67. The normalized spacial score (nSPS) is 10.3. The predicted octanol–water partition coefficient (Wildman–Crippen LogP) is 1.16. The molecule has 0 atom stereocenters. The zero-order valence-electron chi connectivity index (χ0n) is 12.5. The van der Waals surface area contributed by atoms with E-state index >= 15 is 0 Å². The zero-order chi connectivity index (χ0) is 16.8. The van der Waals surface area contributed by atoms with Crippen LogP contribution in [0.15, 0.2) is 32.6 Å². The van der Waals surface area contributed by atoms with E-state index in [9.17, 15) is 14.4 Å². The standard InChI is InChI=1S/C14H14N2O6S/c1-20-12(18)6-8-5-11(17)16-14(15-8)23-7-9-3-4-10(22-9)13(19)21-2/h3-5H,6-7H2,1-2H3,(H,15,16,17). The van der Waals surface area contributed by atoms with Crippen molar-refractivity contribution in [1.82, 2.24) is 9.97 Å². The number of esters is 2. The number of ether oxygens (including phenoxy) is 2. The van der Waals surface area contributed by atoms with Crippen molar-refractivity contribution in [1.29, 1.82) is 0 Å². The Bertz CT molecular complexity index is 767. The summed E-state index contributed by atoms with van der Waals surface area (Å²) in [4.78, 5) is 40.8. The molecule has 23 heavy (non-hydrogen) atoms. The minimum absolute atomic E-state index is 0.0821. The van der Waals surface area contributed by atoms with Crippen LogP contribution < -0.4 is 5.56 Å². The van der Waals surface area contributed by atoms with Gasteiger partial charge < -0.3 is 18.9 Å². The van der Waals surface area contributed by atoms with E-state index in [1.807, 2.05) is 0 Å². The van der Waals surface area contributed by atoms with Gasteiger partial charge in [-0.2, -0.15) is 0 Å². The van der Waals surface area contributed by atoms with Gasteiger partial charge in [-0.05, 0) is 12.1 Å². The summed E-state index contributed by atoms with van der Waals surface area (Å²) in [6.45, 7) is 0. The van der Waals surface area contributed by atoms with E-state index in [0.29, 0.717) is 22.4 Å². The van der Waals surface area contributed by atoms with Crippen LogP contribution in [0.1, 0.15) is 22.0 Å². The molecule has 0 aromatic carbocycles. The lowest BCUT2D eigenvalue weighted by Gasteiger charge is -2.02. The molecule has 0 radical (unpaired) electrons. The minimum Gasteiger partial charge on any atom is -0.469 e. The highest BCUT2D eigenvalue weighted by molar-refractivity contribution is 7.98. The van der Waals surface area contributed by atoms with Crippen molar-refractivity contribution in [3.05, 3.63) is 45.8 Å². The molecule has 0 unspecified atom stereocenters. The molecule has 2 heterocycles. The smallest absolute Gasteiger partial charge is 0.373 e. The third kappa shape index (κ3) is 4.71. The highest BCUT2D eigenvalue weighted by Crippen LogP contribution is 2.20. The molecule has 0 spiro atoms. The summed E-state index contributed by atoms with van der Waals surface area (Å²) in [5, 5.41) is 0.340. The lowest BCUT2D eigenvalue weighted by molar-refractivity contribution is -0.139. The third-order valence-corrected chi connectivity index (χ3v) is 3.62. The van der Waals surface area contributed by atoms with Gasteiger partial charge in [0.1, 0.15) is 5.76 Å². The molecule has 0 aliphatic heterocycles. The van der Waals surface area contributed by atoms with Crippen molar-refractivity contribution in [3.63, 3.8) is 0 Å². The van der Waals surface area contributed by atoms with Crippen LogP contribution in [0.5, 0.6) is 0 Å². The summed E-state index contributed by atoms with van der Waals surface area (Å²) >= 11 is 1.20. The maximum atomic E-state index is 11.6. The Morgan fingerprint density at radius 1 is 1.30 bits per heavy atom. The lowest BCUT2D eigenvalue weighted by Crippen LogP contribution is -2.13. The fourth-order valence-corrected chi connectivity index (χ4v) is 2.46. The van der Waals surface area contributed by atoms with E-state index in [2.05, 4.69) is 19.4 Å². The monoisotopic (exact) mass is 338 g/mol. The van der Waals surface area contributed by atoms with E-state index < -0.39 is 11.9 Å². The number of thioether (sulfide) groups is 1. The Kier molecular flexibility index (Phi) is 5.58. The number of nitrogens with zero attached hydrogens (tertiary/aromatic N) is 1. The first-order valence-corrected chi connectivity index (χ1v) is 7.47. The van der Waals surface area contributed by atoms with E-state index in [1.54, 1.807) is 6.07 Å². The fraction of sp³-hybridized carbons (Fsp3) is 0.286. The Labute approximate surface area is 135 Å². The first kappa shape index (κ1) is 16.8. The minimum atomic E-state index is -0.562. The van der Waals surface area contributed by atoms with Crippen LogP contribution in [0.25, 0.3) is 0 Å². The number of carbonyl (C=O) groups excluding carboxylic acids is 2. The van der Waals surface area contributed by atoms with Crippen molar-refractivity contribution in [2.75, 3.05) is 14.2 Å². The Balaban J connectivity index is 2.05. The number of H-pyrrole nitrogens is 1. The molecule has 0 aliphatic rings. The van der Waals surface area contributed by atoms with Gasteiger partial charge in [0.2, 0.25) is 5.76 Å². The van der Waals surface area contributed by atoms with Crippen LogP contribution in [-0.4, -0.2) is 36.1 Å². The summed E-state index contributed by atoms with van der Waals surface area (Å²) in [6.07, 6.45) is -0.0821. The number of aromatic nitrogens is 2. The van der Waals surface area contributed by atoms with Crippen LogP contribution in [-0.2, 0) is 26.4 Å². The molecule has 0 fully saturated rings. The van der Waals surface area contributed by atoms with Gasteiger partial charge >= 0.3 is 11.9 Å². The van der Waals surface area contributed by atoms with Crippen molar-refractivity contribution in [2.24, 2.45) is 0 Å². The van der Waals surface area contributed by atoms with Crippen molar-refractivity contribution < 1.29 is 23.5 Å². The predicted molar refractivity (Wildman–Crippen MR) is 80.2 cm³/mol. The number of furan rings is 1. The van der Waals surface area contributed by atoms with Gasteiger partial charge in [0.15, 0.2) is 5.16 Å². The molecule has 0 amide bonds. The van der Waals surface area contributed by atoms with Gasteiger partial charge in [0.05, 0.1) is 32.1 Å². The van der Waals surface area contributed by atoms with E-state index in [0.717, 1.165) is 0 Å². The largest absolute Gasteiger partial charge is 0.469 e. The topological polar surface area (TPSA) is 111 Å². The van der Waals surface area contributed by atoms with Gasteiger partial charge in [-0.3, -0.25) is 9.59 Å². The highest BCUT2D eigenvalue weighted by atomic mass is 32.2. The Hall–Kier alpha value is -2.55. The number of hydrogen-bond donors (Lipinski definition) is 1. The molecule has 8 nitrogen and oxygen atoms in total. The Morgan fingerprint density at radius 3 is 2.78 bits per heavy atom. The van der Waals surface area contributed by atoms with Crippen molar-refractivity contribution in [2.45, 2.75) is 17.3 Å². The molecular weight excluding hydrogens is 324 g/mol. The van der Waals surface area contributed by atoms with Gasteiger partial charge in [-0.15, -0.1) is 0 Å². The number of rotatable bonds is 6. The zero-order valence-corrected chi connectivity index (χ0v) is 13.3. The van der Waals surface area contributed by atoms with Gasteiger partial charge in [-0.1, -0.05) is 11.8 Å². The molecule has 2 rings (SSSR count). The molecule has 2 aromatic rings. The molecule has 9 heteroatoms. The van der Waals surface area contributed by atoms with Crippen LogP contribution in [0.2, 0.25) is 0 Å². The third-order valence-electron chi connectivity index (χ3n) is 2.73. The average Bonchev–Trinajstić information content (AvgIpc) is 3.00. The maximum absolute atomic E-state index is 11.6. The summed E-state index contributed by atoms with van der Waals surface area (Å²) < 4.78 is 14.4. The maximum Gasteiger partial charge on any atom is 0.373 e. The lowest BCUT2D eigenvalue weighted by atomic mass is 10.3. The second-order valence-electron chi connectivity index (χ2n) is 4.34. The molecule has 1 N–H and O–H groups in total. The van der Waals surface area contributed by atoms with Gasteiger partial charge in [-0.25, -0.2) is 9.78 Å². The summed E-state index contributed by atoms with van der Waals surface area (Å²) in [7, 11) is 2.53. The second-order valence-corrected chi connectivity index (χ2v) is 5.31. The summed E-state index contributed by atoms with van der Waals surface area (Å²) in [6, 6.07) is 4.38. The van der Waals surface area contributed by atoms with Crippen LogP contribution in [0.3, 0.4) is 0 Å². The number of methoxy groups -OCH3 is 2. The van der Waals surface area contributed by atoms with E-state index in [4.69, 9.17) is 4.42 Å². The van der Waals surface area contributed by atoms with E-state index in [-0.39, 0.29) is 17.7 Å². The molecular formula is C14H14N2O6S. The number of nitrogens with one attached hydrogen (secondary N) is 1. The molecule has 122 valence electrons. The second kappa shape index (κ2) is 7.63. The first-order chi connectivity index (χ1) is 11.0. The summed E-state index contributed by atoms with van der Waals surface area (Å²) in [5.74, 6) is -0.0668. The van der Waals surface area contributed by atoms with Gasteiger partial charge in [0.25, 0.3) is 5.56 Å². The molecule has 2 aromatic heterocycles. The van der Waals surface area contributed by atoms with Crippen LogP contribution in [0, 0.1) is 0 Å².